The number of hydrogen-bond acceptors (Lipinski definition) is 18. The molecule has 0 saturated heterocycles. The fourth-order valence-corrected chi connectivity index (χ4v) is 0. The predicted molar refractivity (Wildman–Crippen MR) is 55.0 cm³/mol. The van der Waals surface area contributed by atoms with Crippen molar-refractivity contribution in [2.45, 2.75) is 0 Å². The summed E-state index contributed by atoms with van der Waals surface area (Å²) in [5.41, 5.74) is 0. The molecule has 0 aromatic rings. The maximum atomic E-state index is 8.00. The van der Waals surface area contributed by atoms with Crippen LogP contribution >= 0.6 is 0 Å². The molecule has 0 amide bonds. The molecule has 0 atom stereocenters. The van der Waals surface area contributed by atoms with Crippen LogP contribution < -0.4 is 88.7 Å². The molecule has 22 heteroatoms. The third kappa shape index (κ3) is 13300000. The summed E-state index contributed by atoms with van der Waals surface area (Å²) >= 11 is 0. The summed E-state index contributed by atoms with van der Waals surface area (Å²) in [5, 5.41) is 54.0. The largest absolute Gasteiger partial charge is 3.00 e. The molecule has 0 aromatic carbocycles. The number of rotatable bonds is 0. The predicted octanol–water partition coefficient (Wildman–Crippen LogP) is -7.49. The Hall–Kier alpha value is 0.0234. The van der Waals surface area contributed by atoms with E-state index in [1.54, 1.807) is 0 Å². The van der Waals surface area contributed by atoms with E-state index in [2.05, 4.69) is 0 Å². The molecule has 0 N–H and O–H groups in total. The molecule has 0 radical (unpaired) electrons. The van der Waals surface area contributed by atoms with Crippen LogP contribution in [0.2, 0.25) is 0 Å². The maximum Gasteiger partial charge on any atom is 3.00 e. The minimum Gasteiger partial charge on any atom is -0.444 e. The van der Waals surface area contributed by atoms with Crippen LogP contribution in [0.25, 0.3) is 0 Å². The van der Waals surface area contributed by atoms with Gasteiger partial charge < -0.3 is 60.7 Å². The van der Waals surface area contributed by atoms with E-state index in [-0.39, 0.29) is 108 Å². The molecule has 114 valence electrons. The molecule has 0 bridgehead atoms. The topological polar surface area (TPSA) is 315 Å². The Balaban J connectivity index is -0.00000000947. The summed E-state index contributed by atoms with van der Waals surface area (Å²) in [5.74, 6) is 0. The summed E-state index contributed by atoms with van der Waals surface area (Å²) in [6, 6.07) is 0. The minimum atomic E-state index is 0. The molecule has 0 fully saturated rings. The molecule has 0 rings (SSSR count). The van der Waals surface area contributed by atoms with Gasteiger partial charge in [0.1, 0.15) is 0 Å². The van der Waals surface area contributed by atoms with Crippen LogP contribution in [0.4, 0.5) is 0 Å². The van der Waals surface area contributed by atoms with E-state index in [0.29, 0.717) is 0 Å². The van der Waals surface area contributed by atoms with Gasteiger partial charge in [-0.1, -0.05) is 0 Å². The van der Waals surface area contributed by atoms with Crippen LogP contribution in [0.3, 0.4) is 0 Å². The van der Waals surface area contributed by atoms with E-state index in [1.165, 1.54) is 0 Å². The third-order valence-corrected chi connectivity index (χ3v) is 0. The Kier molecular flexibility index (Phi) is 711. The fraction of sp³-hybridized carbons (Fsp3) is 0. The van der Waals surface area contributed by atoms with Gasteiger partial charge >= 0.3 is 108 Å². The Bertz CT molecular complexity index is 126. The van der Waals surface area contributed by atoms with Gasteiger partial charge in [-0.05, 0) is 0 Å². The molecule has 0 unspecified atom stereocenters. The monoisotopic (exact) mass is 448 g/mol. The van der Waals surface area contributed by atoms with E-state index in [9.17, 15) is 0 Å². The Morgan fingerprint density at radius 3 is 0.364 bits per heavy atom. The van der Waals surface area contributed by atoms with Crippen LogP contribution in [0.1, 0.15) is 0 Å². The summed E-state index contributed by atoms with van der Waals surface area (Å²) in [4.78, 5) is 48.0. The number of hydrogen-bond donors (Lipinski definition) is 0. The van der Waals surface area contributed by atoms with E-state index in [0.717, 1.165) is 32.0 Å². The zero-order valence-electron chi connectivity index (χ0n) is 10.9. The molecule has 0 aliphatic carbocycles. The van der Waals surface area contributed by atoms with Gasteiger partial charge in [-0.15, -0.1) is 32.0 Å². The Labute approximate surface area is 198 Å². The van der Waals surface area contributed by atoms with Crippen LogP contribution in [-0.4, -0.2) is 0 Å². The van der Waals surface area contributed by atoms with Crippen LogP contribution in [0.5, 0.6) is 0 Å². The molecular weight excluding hydrogens is 448 g/mol. The quantitative estimate of drug-likeness (QED) is 0.189. The second kappa shape index (κ2) is 232. The van der Waals surface area contributed by atoms with Crippen molar-refractivity contribution in [3.63, 3.8) is 0 Å². The average molecular weight is 448 g/mol. The van der Waals surface area contributed by atoms with Gasteiger partial charge in [0.05, 0.1) is 0 Å². The molecule has 0 aliphatic rings. The molecule has 0 heterocycles. The summed E-state index contributed by atoms with van der Waals surface area (Å²) in [6.07, 6.45) is 0. The zero-order valence-corrected chi connectivity index (χ0v) is 18.6. The fourth-order valence-electron chi connectivity index (χ4n) is 0. The second-order valence-electron chi connectivity index (χ2n) is 0.447. The Morgan fingerprint density at radius 1 is 0.364 bits per heavy atom. The first-order valence-electron chi connectivity index (χ1n) is 2.19. The molecule has 0 saturated carbocycles. The number of nitrogens with zero attached hydrogens (tertiary/aromatic N) is 6. The Morgan fingerprint density at radius 2 is 0.364 bits per heavy atom. The van der Waals surface area contributed by atoms with Gasteiger partial charge in [0.25, 0.3) is 0 Å². The van der Waals surface area contributed by atoms with E-state index >= 15 is 0 Å². The second-order valence-corrected chi connectivity index (χ2v) is 0.447. The van der Waals surface area contributed by atoms with Gasteiger partial charge in [0, 0.05) is 0 Å². The molecule has 0 spiro atoms. The SMILES string of the molecule is O=N[O-].O=N[O-].O=N[O-].O=N[O-].O=N[O-].O=N[O-].[Na+].[Na+].[Na+].[Rh+3]. The van der Waals surface area contributed by atoms with E-state index in [4.69, 9.17) is 60.7 Å². The maximum absolute atomic E-state index is 8.00. The van der Waals surface area contributed by atoms with Crippen molar-refractivity contribution in [3.8, 4) is 0 Å². The van der Waals surface area contributed by atoms with Crippen molar-refractivity contribution in [1.29, 1.82) is 0 Å². The van der Waals surface area contributed by atoms with Crippen molar-refractivity contribution >= 4 is 0 Å². The van der Waals surface area contributed by atoms with Gasteiger partial charge in [-0.3, -0.25) is 0 Å². The summed E-state index contributed by atoms with van der Waals surface area (Å²) in [6.45, 7) is 0. The zero-order chi connectivity index (χ0) is 16.2. The van der Waals surface area contributed by atoms with Crippen molar-refractivity contribution in [2.24, 2.45) is 32.0 Å². The van der Waals surface area contributed by atoms with Crippen molar-refractivity contribution in [1.82, 2.24) is 0 Å². The standard InChI is InChI=1S/6HNO2.3Na.Rh/c6*2-1-3;;;;/h6*(H,2,3);;;;/q;;;;;;3*+1;+3/p-6. The average Bonchev–Trinajstić information content (AvgIpc) is 2.23. The van der Waals surface area contributed by atoms with Crippen molar-refractivity contribution in [2.75, 3.05) is 0 Å². The molecular formula is N6Na3O12Rh. The van der Waals surface area contributed by atoms with E-state index in [1.807, 2.05) is 0 Å². The molecule has 22 heavy (non-hydrogen) atoms. The van der Waals surface area contributed by atoms with Gasteiger partial charge in [-0.25, -0.2) is 0 Å². The van der Waals surface area contributed by atoms with Crippen molar-refractivity contribution in [3.05, 3.63) is 60.7 Å². The summed E-state index contributed by atoms with van der Waals surface area (Å²) in [7, 11) is 0. The normalized spacial score (nSPS) is 3.27. The van der Waals surface area contributed by atoms with Crippen LogP contribution in [0, 0.1) is 60.7 Å². The van der Waals surface area contributed by atoms with Crippen molar-refractivity contribution < 1.29 is 108 Å². The first-order valence-corrected chi connectivity index (χ1v) is 2.19. The van der Waals surface area contributed by atoms with Gasteiger partial charge in [0.15, 0.2) is 0 Å². The molecule has 18 nitrogen and oxygen atoms in total. The molecule has 0 aromatic heterocycles. The van der Waals surface area contributed by atoms with Crippen LogP contribution in [-0.2, 0) is 19.5 Å². The van der Waals surface area contributed by atoms with Gasteiger partial charge in [0.2, 0.25) is 0 Å². The third-order valence-electron chi connectivity index (χ3n) is 0. The molecule has 0 aliphatic heterocycles. The first-order chi connectivity index (χ1) is 8.49. The minimum absolute atomic E-state index is 0. The smallest absolute Gasteiger partial charge is 0.444 e. The summed E-state index contributed by atoms with van der Waals surface area (Å²) < 4.78 is 0. The van der Waals surface area contributed by atoms with E-state index < -0.39 is 0 Å². The van der Waals surface area contributed by atoms with Crippen LogP contribution in [0.15, 0.2) is 32.0 Å². The first kappa shape index (κ1) is 67.3. The van der Waals surface area contributed by atoms with Gasteiger partial charge in [-0.2, -0.15) is 0 Å².